The second kappa shape index (κ2) is 7.17. The van der Waals surface area contributed by atoms with Crippen LogP contribution in [0.4, 0.5) is 14.9 Å². The van der Waals surface area contributed by atoms with E-state index >= 15 is 0 Å². The van der Waals surface area contributed by atoms with E-state index in [-0.39, 0.29) is 24.2 Å². The number of nitrogens with zero attached hydrogens (tertiary/aromatic N) is 1. The molecule has 0 aromatic heterocycles. The van der Waals surface area contributed by atoms with Crippen LogP contribution in [0.2, 0.25) is 0 Å². The first-order valence-corrected chi connectivity index (χ1v) is 6.75. The summed E-state index contributed by atoms with van der Waals surface area (Å²) in [5, 5.41) is 13.1. The molecule has 0 bridgehead atoms. The van der Waals surface area contributed by atoms with Crippen molar-refractivity contribution in [3.8, 4) is 0 Å². The van der Waals surface area contributed by atoms with Crippen LogP contribution in [0.15, 0.2) is 18.2 Å². The van der Waals surface area contributed by atoms with E-state index in [0.29, 0.717) is 0 Å². The van der Waals surface area contributed by atoms with E-state index < -0.39 is 28.5 Å². The van der Waals surface area contributed by atoms with Gasteiger partial charge in [0.2, 0.25) is 0 Å². The normalized spacial score (nSPS) is 12.6. The number of carbonyl (C=O) groups excluding carboxylic acids is 1. The van der Waals surface area contributed by atoms with Crippen LogP contribution in [-0.4, -0.2) is 29.2 Å². The molecule has 22 heavy (non-hydrogen) atoms. The van der Waals surface area contributed by atoms with E-state index in [9.17, 15) is 19.3 Å². The van der Waals surface area contributed by atoms with Gasteiger partial charge in [-0.2, -0.15) is 0 Å². The number of halogens is 1. The van der Waals surface area contributed by atoms with Crippen LogP contribution >= 0.6 is 0 Å². The molecule has 0 spiro atoms. The first-order valence-electron chi connectivity index (χ1n) is 6.75. The number of nitrogens with two attached hydrogens (primary N) is 1. The van der Waals surface area contributed by atoms with Crippen molar-refractivity contribution < 1.29 is 18.8 Å². The Kier molecular flexibility index (Phi) is 5.81. The molecule has 0 heterocycles. The van der Waals surface area contributed by atoms with Crippen molar-refractivity contribution in [2.75, 3.05) is 6.54 Å². The standard InChI is InChI=1S/C14H20FN3O4/c1-14(2,3)22-13(19)17-10(8-16)6-9-4-5-11(18(20)21)7-12(9)15/h4-5,7,10H,6,8,16H2,1-3H3,(H,17,19). The lowest BCUT2D eigenvalue weighted by Gasteiger charge is -2.23. The van der Waals surface area contributed by atoms with E-state index in [4.69, 9.17) is 10.5 Å². The highest BCUT2D eigenvalue weighted by Crippen LogP contribution is 2.18. The van der Waals surface area contributed by atoms with E-state index in [0.717, 1.165) is 6.07 Å². The van der Waals surface area contributed by atoms with E-state index in [1.54, 1.807) is 20.8 Å². The minimum atomic E-state index is -0.710. The molecule has 1 amide bonds. The number of nitro benzene ring substituents is 1. The number of amides is 1. The molecule has 8 heteroatoms. The molecule has 1 rings (SSSR count). The van der Waals surface area contributed by atoms with Gasteiger partial charge in [0, 0.05) is 18.7 Å². The molecule has 3 N–H and O–H groups in total. The Morgan fingerprint density at radius 2 is 2.14 bits per heavy atom. The summed E-state index contributed by atoms with van der Waals surface area (Å²) in [5.41, 5.74) is 4.81. The summed E-state index contributed by atoms with van der Waals surface area (Å²) in [6, 6.07) is 2.83. The lowest BCUT2D eigenvalue weighted by Crippen LogP contribution is -2.44. The summed E-state index contributed by atoms with van der Waals surface area (Å²) in [6.45, 7) is 5.25. The molecule has 0 saturated heterocycles. The molecule has 0 aliphatic heterocycles. The van der Waals surface area contributed by atoms with Crippen LogP contribution in [-0.2, 0) is 11.2 Å². The summed E-state index contributed by atoms with van der Waals surface area (Å²) >= 11 is 0. The molecule has 0 aliphatic rings. The van der Waals surface area contributed by atoms with Gasteiger partial charge in [-0.05, 0) is 38.8 Å². The average Bonchev–Trinajstić information content (AvgIpc) is 2.37. The van der Waals surface area contributed by atoms with Crippen LogP contribution in [0, 0.1) is 15.9 Å². The van der Waals surface area contributed by atoms with Crippen molar-refractivity contribution >= 4 is 11.8 Å². The Bertz CT molecular complexity index is 558. The molecular weight excluding hydrogens is 293 g/mol. The van der Waals surface area contributed by atoms with Gasteiger partial charge in [0.05, 0.1) is 11.0 Å². The largest absolute Gasteiger partial charge is 0.444 e. The molecule has 122 valence electrons. The molecule has 1 unspecified atom stereocenters. The van der Waals surface area contributed by atoms with Gasteiger partial charge in [0.1, 0.15) is 11.4 Å². The highest BCUT2D eigenvalue weighted by atomic mass is 19.1. The number of ether oxygens (including phenoxy) is 1. The first-order chi connectivity index (χ1) is 10.1. The van der Waals surface area contributed by atoms with Gasteiger partial charge in [-0.3, -0.25) is 10.1 Å². The van der Waals surface area contributed by atoms with E-state index in [1.165, 1.54) is 12.1 Å². The molecular formula is C14H20FN3O4. The molecule has 1 atom stereocenters. The minimum Gasteiger partial charge on any atom is -0.444 e. The number of hydrogen-bond acceptors (Lipinski definition) is 5. The van der Waals surface area contributed by atoms with Crippen LogP contribution in [0.1, 0.15) is 26.3 Å². The highest BCUT2D eigenvalue weighted by Gasteiger charge is 2.20. The molecule has 0 saturated carbocycles. The predicted octanol–water partition coefficient (Wildman–Crippen LogP) is 2.13. The van der Waals surface area contributed by atoms with Crippen molar-refractivity contribution in [1.82, 2.24) is 5.32 Å². The third-order valence-corrected chi connectivity index (χ3v) is 2.72. The second-order valence-corrected chi connectivity index (χ2v) is 5.82. The monoisotopic (exact) mass is 313 g/mol. The zero-order valence-corrected chi connectivity index (χ0v) is 12.8. The Hall–Kier alpha value is -2.22. The van der Waals surface area contributed by atoms with Gasteiger partial charge >= 0.3 is 6.09 Å². The van der Waals surface area contributed by atoms with Crippen molar-refractivity contribution in [2.24, 2.45) is 5.73 Å². The SMILES string of the molecule is CC(C)(C)OC(=O)NC(CN)Cc1ccc([N+](=O)[O-])cc1F. The molecule has 0 radical (unpaired) electrons. The molecule has 0 aliphatic carbocycles. The van der Waals surface area contributed by atoms with Gasteiger partial charge in [0.15, 0.2) is 0 Å². The van der Waals surface area contributed by atoms with E-state index in [1.807, 2.05) is 0 Å². The zero-order valence-electron chi connectivity index (χ0n) is 12.8. The number of hydrogen-bond donors (Lipinski definition) is 2. The first kappa shape index (κ1) is 17.8. The van der Waals surface area contributed by atoms with Crippen molar-refractivity contribution in [3.63, 3.8) is 0 Å². The maximum Gasteiger partial charge on any atom is 0.407 e. The lowest BCUT2D eigenvalue weighted by molar-refractivity contribution is -0.385. The highest BCUT2D eigenvalue weighted by molar-refractivity contribution is 5.68. The number of nitrogens with one attached hydrogen (secondary N) is 1. The molecule has 1 aromatic rings. The molecule has 7 nitrogen and oxygen atoms in total. The smallest absolute Gasteiger partial charge is 0.407 e. The van der Waals surface area contributed by atoms with Crippen molar-refractivity contribution in [3.05, 3.63) is 39.7 Å². The van der Waals surface area contributed by atoms with Gasteiger partial charge in [-0.15, -0.1) is 0 Å². The molecule has 1 aromatic carbocycles. The molecule has 0 fully saturated rings. The fraction of sp³-hybridized carbons (Fsp3) is 0.500. The number of alkyl carbamates (subject to hydrolysis) is 1. The number of benzene rings is 1. The number of carbonyl (C=O) groups is 1. The summed E-state index contributed by atoms with van der Waals surface area (Å²) in [6.07, 6.45) is -0.537. The third kappa shape index (κ3) is 5.65. The van der Waals surface area contributed by atoms with Crippen LogP contribution < -0.4 is 11.1 Å². The Balaban J connectivity index is 2.74. The predicted molar refractivity (Wildman–Crippen MR) is 79.0 cm³/mol. The Morgan fingerprint density at radius 3 is 2.59 bits per heavy atom. The van der Waals surface area contributed by atoms with E-state index in [2.05, 4.69) is 5.32 Å². The minimum absolute atomic E-state index is 0.0790. The quantitative estimate of drug-likeness (QED) is 0.639. The van der Waals surface area contributed by atoms with Gasteiger partial charge in [-0.1, -0.05) is 0 Å². The van der Waals surface area contributed by atoms with Crippen LogP contribution in [0.5, 0.6) is 0 Å². The summed E-state index contributed by atoms with van der Waals surface area (Å²) < 4.78 is 18.9. The lowest BCUT2D eigenvalue weighted by atomic mass is 10.0. The fourth-order valence-electron chi connectivity index (χ4n) is 1.75. The number of non-ortho nitro benzene ring substituents is 1. The maximum atomic E-state index is 13.8. The second-order valence-electron chi connectivity index (χ2n) is 5.82. The van der Waals surface area contributed by atoms with Crippen molar-refractivity contribution in [1.29, 1.82) is 0 Å². The topological polar surface area (TPSA) is 107 Å². The summed E-state index contributed by atoms with van der Waals surface area (Å²) in [4.78, 5) is 21.6. The average molecular weight is 313 g/mol. The Morgan fingerprint density at radius 1 is 1.50 bits per heavy atom. The van der Waals surface area contributed by atoms with Crippen LogP contribution in [0.3, 0.4) is 0 Å². The summed E-state index contributed by atoms with van der Waals surface area (Å²) in [7, 11) is 0. The van der Waals surface area contributed by atoms with Crippen molar-refractivity contribution in [2.45, 2.75) is 38.8 Å². The summed E-state index contributed by atoms with van der Waals surface area (Å²) in [5.74, 6) is -0.710. The Labute approximate surface area is 127 Å². The number of rotatable bonds is 5. The van der Waals surface area contributed by atoms with Gasteiger partial charge in [0.25, 0.3) is 5.69 Å². The fourth-order valence-corrected chi connectivity index (χ4v) is 1.75. The van der Waals surface area contributed by atoms with Gasteiger partial charge < -0.3 is 15.8 Å². The zero-order chi connectivity index (χ0) is 16.9. The third-order valence-electron chi connectivity index (χ3n) is 2.72. The van der Waals surface area contributed by atoms with Gasteiger partial charge in [-0.25, -0.2) is 9.18 Å². The number of nitro groups is 1. The van der Waals surface area contributed by atoms with Crippen LogP contribution in [0.25, 0.3) is 0 Å². The maximum absolute atomic E-state index is 13.8.